The fraction of sp³-hybridized carbons (Fsp3) is 0.533. The van der Waals surface area contributed by atoms with E-state index in [1.165, 1.54) is 0 Å². The molecular weight excluding hydrogens is 242 g/mol. The Kier molecular flexibility index (Phi) is 6.36. The van der Waals surface area contributed by atoms with Crippen LogP contribution in [-0.2, 0) is 11.4 Å². The van der Waals surface area contributed by atoms with Crippen LogP contribution in [0.3, 0.4) is 0 Å². The Balaban J connectivity index is 2.41. The van der Waals surface area contributed by atoms with E-state index in [0.29, 0.717) is 23.8 Å². The first-order valence-corrected chi connectivity index (χ1v) is 6.62. The summed E-state index contributed by atoms with van der Waals surface area (Å²) in [5.41, 5.74) is 1.76. The largest absolute Gasteiger partial charge is 0.483 e. The SMILES string of the molecule is Cc1ccc(OCC(=O)NCCC(C)C)c(CO)c1. The Labute approximate surface area is 114 Å². The Hall–Kier alpha value is -1.55. The van der Waals surface area contributed by atoms with Gasteiger partial charge in [-0.15, -0.1) is 0 Å². The summed E-state index contributed by atoms with van der Waals surface area (Å²) in [5.74, 6) is 0.997. The van der Waals surface area contributed by atoms with Crippen LogP contribution in [0.1, 0.15) is 31.4 Å². The van der Waals surface area contributed by atoms with E-state index in [0.717, 1.165) is 12.0 Å². The number of aliphatic hydroxyl groups excluding tert-OH is 1. The highest BCUT2D eigenvalue weighted by Crippen LogP contribution is 2.19. The first kappa shape index (κ1) is 15.5. The molecule has 0 radical (unpaired) electrons. The van der Waals surface area contributed by atoms with Gasteiger partial charge >= 0.3 is 0 Å². The van der Waals surface area contributed by atoms with Crippen LogP contribution in [-0.4, -0.2) is 24.2 Å². The van der Waals surface area contributed by atoms with Crippen molar-refractivity contribution in [3.8, 4) is 5.75 Å². The summed E-state index contributed by atoms with van der Waals surface area (Å²) in [6.45, 7) is 6.73. The smallest absolute Gasteiger partial charge is 0.257 e. The molecule has 0 bridgehead atoms. The van der Waals surface area contributed by atoms with Gasteiger partial charge in [0.2, 0.25) is 0 Å². The Morgan fingerprint density at radius 3 is 2.79 bits per heavy atom. The molecule has 19 heavy (non-hydrogen) atoms. The van der Waals surface area contributed by atoms with Gasteiger partial charge in [0.05, 0.1) is 6.61 Å². The molecule has 0 unspecified atom stereocenters. The van der Waals surface area contributed by atoms with Gasteiger partial charge in [0.25, 0.3) is 5.91 Å². The quantitative estimate of drug-likeness (QED) is 0.793. The second-order valence-corrected chi connectivity index (χ2v) is 5.09. The summed E-state index contributed by atoms with van der Waals surface area (Å²) in [6.07, 6.45) is 0.957. The molecule has 0 aliphatic rings. The summed E-state index contributed by atoms with van der Waals surface area (Å²) < 4.78 is 5.43. The number of ether oxygens (including phenoxy) is 1. The lowest BCUT2D eigenvalue weighted by molar-refractivity contribution is -0.123. The molecule has 0 fully saturated rings. The maximum atomic E-state index is 11.6. The van der Waals surface area contributed by atoms with Crippen molar-refractivity contribution in [2.45, 2.75) is 33.8 Å². The van der Waals surface area contributed by atoms with Gasteiger partial charge in [0.1, 0.15) is 5.75 Å². The zero-order valence-corrected chi connectivity index (χ0v) is 11.9. The number of carbonyl (C=O) groups excluding carboxylic acids is 1. The van der Waals surface area contributed by atoms with E-state index in [4.69, 9.17) is 4.74 Å². The number of aryl methyl sites for hydroxylation is 1. The third-order valence-electron chi connectivity index (χ3n) is 2.79. The molecule has 0 saturated heterocycles. The van der Waals surface area contributed by atoms with Gasteiger partial charge in [-0.3, -0.25) is 4.79 Å². The number of aliphatic hydroxyl groups is 1. The first-order chi connectivity index (χ1) is 9.02. The Morgan fingerprint density at radius 1 is 1.42 bits per heavy atom. The van der Waals surface area contributed by atoms with Crippen molar-refractivity contribution < 1.29 is 14.6 Å². The summed E-state index contributed by atoms with van der Waals surface area (Å²) in [4.78, 5) is 11.6. The predicted molar refractivity (Wildman–Crippen MR) is 75.1 cm³/mol. The van der Waals surface area contributed by atoms with Crippen molar-refractivity contribution in [1.29, 1.82) is 0 Å². The average molecular weight is 265 g/mol. The van der Waals surface area contributed by atoms with Crippen molar-refractivity contribution in [2.75, 3.05) is 13.2 Å². The normalized spacial score (nSPS) is 10.6. The van der Waals surface area contributed by atoms with Crippen molar-refractivity contribution in [2.24, 2.45) is 5.92 Å². The monoisotopic (exact) mass is 265 g/mol. The number of amides is 1. The van der Waals surface area contributed by atoms with Crippen LogP contribution in [0, 0.1) is 12.8 Å². The van der Waals surface area contributed by atoms with Crippen molar-refractivity contribution >= 4 is 5.91 Å². The standard InChI is InChI=1S/C15H23NO3/c1-11(2)6-7-16-15(18)10-19-14-5-4-12(3)8-13(14)9-17/h4-5,8,11,17H,6-7,9-10H2,1-3H3,(H,16,18). The number of nitrogens with one attached hydrogen (secondary N) is 1. The average Bonchev–Trinajstić information content (AvgIpc) is 2.36. The third-order valence-corrected chi connectivity index (χ3v) is 2.79. The van der Waals surface area contributed by atoms with Crippen molar-refractivity contribution in [1.82, 2.24) is 5.32 Å². The van der Waals surface area contributed by atoms with E-state index in [-0.39, 0.29) is 19.1 Å². The minimum absolute atomic E-state index is 0.0197. The van der Waals surface area contributed by atoms with E-state index in [1.807, 2.05) is 19.1 Å². The third kappa shape index (κ3) is 5.75. The number of carbonyl (C=O) groups is 1. The molecule has 1 aromatic rings. The van der Waals surface area contributed by atoms with E-state index < -0.39 is 0 Å². The highest BCUT2D eigenvalue weighted by molar-refractivity contribution is 5.77. The molecular formula is C15H23NO3. The van der Waals surface area contributed by atoms with Gasteiger partial charge in [-0.1, -0.05) is 31.5 Å². The molecule has 1 aromatic carbocycles. The molecule has 2 N–H and O–H groups in total. The fourth-order valence-corrected chi connectivity index (χ4v) is 1.67. The van der Waals surface area contributed by atoms with E-state index in [1.54, 1.807) is 6.07 Å². The maximum absolute atomic E-state index is 11.6. The number of rotatable bonds is 7. The molecule has 0 aliphatic heterocycles. The molecule has 4 heteroatoms. The molecule has 0 heterocycles. The van der Waals surface area contributed by atoms with Crippen LogP contribution in [0.2, 0.25) is 0 Å². The molecule has 4 nitrogen and oxygen atoms in total. The molecule has 0 spiro atoms. The minimum Gasteiger partial charge on any atom is -0.483 e. The fourth-order valence-electron chi connectivity index (χ4n) is 1.67. The molecule has 0 aliphatic carbocycles. The van der Waals surface area contributed by atoms with Gasteiger partial charge in [0.15, 0.2) is 6.61 Å². The predicted octanol–water partition coefficient (Wildman–Crippen LogP) is 2.03. The molecule has 0 saturated carbocycles. The molecule has 0 atom stereocenters. The molecule has 1 amide bonds. The minimum atomic E-state index is -0.134. The van der Waals surface area contributed by atoms with Gasteiger partial charge in [-0.05, 0) is 25.3 Å². The second-order valence-electron chi connectivity index (χ2n) is 5.09. The van der Waals surface area contributed by atoms with Crippen molar-refractivity contribution in [3.63, 3.8) is 0 Å². The Morgan fingerprint density at radius 2 is 2.16 bits per heavy atom. The van der Waals surface area contributed by atoms with E-state index in [2.05, 4.69) is 19.2 Å². The van der Waals surface area contributed by atoms with Gasteiger partial charge in [-0.2, -0.15) is 0 Å². The Bertz CT molecular complexity index is 416. The van der Waals surface area contributed by atoms with Gasteiger partial charge in [-0.25, -0.2) is 0 Å². The highest BCUT2D eigenvalue weighted by atomic mass is 16.5. The van der Waals surface area contributed by atoms with Crippen LogP contribution in [0.4, 0.5) is 0 Å². The summed E-state index contributed by atoms with van der Waals surface area (Å²) in [6, 6.07) is 5.53. The summed E-state index contributed by atoms with van der Waals surface area (Å²) >= 11 is 0. The van der Waals surface area contributed by atoms with Crippen LogP contribution in [0.5, 0.6) is 5.75 Å². The van der Waals surface area contributed by atoms with E-state index in [9.17, 15) is 9.90 Å². The zero-order chi connectivity index (χ0) is 14.3. The van der Waals surface area contributed by atoms with Crippen molar-refractivity contribution in [3.05, 3.63) is 29.3 Å². The summed E-state index contributed by atoms with van der Waals surface area (Å²) in [5, 5.41) is 12.0. The van der Waals surface area contributed by atoms with E-state index >= 15 is 0 Å². The van der Waals surface area contributed by atoms with Crippen LogP contribution in [0.15, 0.2) is 18.2 Å². The van der Waals surface area contributed by atoms with Gasteiger partial charge in [0, 0.05) is 12.1 Å². The highest BCUT2D eigenvalue weighted by Gasteiger charge is 2.06. The van der Waals surface area contributed by atoms with Crippen LogP contribution < -0.4 is 10.1 Å². The molecule has 106 valence electrons. The molecule has 1 rings (SSSR count). The second kappa shape index (κ2) is 7.79. The number of hydrogen-bond donors (Lipinski definition) is 2. The first-order valence-electron chi connectivity index (χ1n) is 6.62. The lowest BCUT2D eigenvalue weighted by Gasteiger charge is -2.11. The van der Waals surface area contributed by atoms with Crippen LogP contribution >= 0.6 is 0 Å². The number of benzene rings is 1. The van der Waals surface area contributed by atoms with Gasteiger partial charge < -0.3 is 15.2 Å². The molecule has 0 aromatic heterocycles. The lowest BCUT2D eigenvalue weighted by atomic mass is 10.1. The van der Waals surface area contributed by atoms with Crippen LogP contribution in [0.25, 0.3) is 0 Å². The maximum Gasteiger partial charge on any atom is 0.257 e. The zero-order valence-electron chi connectivity index (χ0n) is 11.9. The summed E-state index contributed by atoms with van der Waals surface area (Å²) in [7, 11) is 0. The lowest BCUT2D eigenvalue weighted by Crippen LogP contribution is -2.30. The topological polar surface area (TPSA) is 58.6 Å². The number of hydrogen-bond acceptors (Lipinski definition) is 3.